The molecule has 0 fully saturated rings. The van der Waals surface area contributed by atoms with Crippen LogP contribution in [0, 0.1) is 0 Å². The molecule has 0 saturated heterocycles. The van der Waals surface area contributed by atoms with E-state index < -0.39 is 10.0 Å². The van der Waals surface area contributed by atoms with E-state index >= 15 is 0 Å². The number of primary sulfonamides is 1. The summed E-state index contributed by atoms with van der Waals surface area (Å²) < 4.78 is 21.4. The van der Waals surface area contributed by atoms with Gasteiger partial charge in [-0.1, -0.05) is 18.2 Å². The molecule has 0 saturated carbocycles. The molecule has 1 heterocycles. The predicted molar refractivity (Wildman–Crippen MR) is 93.3 cm³/mol. The molecule has 0 aliphatic carbocycles. The maximum Gasteiger partial charge on any atom is 0.238 e. The van der Waals surface area contributed by atoms with Crippen LogP contribution < -0.4 is 16.6 Å². The summed E-state index contributed by atoms with van der Waals surface area (Å²) in [6.07, 6.45) is 2.99. The largest absolute Gasteiger partial charge is 0.399 e. The fraction of sp³-hybridized carbons (Fsp3) is 0.125. The summed E-state index contributed by atoms with van der Waals surface area (Å²) >= 11 is 0. The zero-order valence-electron chi connectivity index (χ0n) is 12.6. The Morgan fingerprint density at radius 3 is 2.26 bits per heavy atom. The van der Waals surface area contributed by atoms with Gasteiger partial charge in [-0.2, -0.15) is 0 Å². The first-order valence-corrected chi connectivity index (χ1v) is 8.60. The number of hydrogen-bond acceptors (Lipinski definition) is 4. The number of anilines is 1. The monoisotopic (exact) mass is 332 g/mol. The Labute approximate surface area is 135 Å². The van der Waals surface area contributed by atoms with Crippen molar-refractivity contribution in [3.8, 4) is 0 Å². The van der Waals surface area contributed by atoms with Gasteiger partial charge in [-0.3, -0.25) is 0 Å². The Morgan fingerprint density at radius 1 is 1.00 bits per heavy atom. The van der Waals surface area contributed by atoms with Crippen LogP contribution in [-0.2, 0) is 16.4 Å². The Kier molecular flexibility index (Phi) is 5.38. The smallest absolute Gasteiger partial charge is 0.238 e. The maximum atomic E-state index is 10.7. The molecule has 1 aromatic heterocycles. The lowest BCUT2D eigenvalue weighted by atomic mass is 10.1. The van der Waals surface area contributed by atoms with Gasteiger partial charge in [0, 0.05) is 22.8 Å². The summed E-state index contributed by atoms with van der Waals surface area (Å²) in [4.78, 5) is 3.29. The van der Waals surface area contributed by atoms with Crippen molar-refractivity contribution in [1.29, 1.82) is 0 Å². The first-order chi connectivity index (χ1) is 10.9. The van der Waals surface area contributed by atoms with Crippen LogP contribution >= 0.6 is 0 Å². The molecule has 0 amide bonds. The molecule has 0 radical (unpaired) electrons. The van der Waals surface area contributed by atoms with Crippen molar-refractivity contribution in [2.24, 2.45) is 10.9 Å². The molecule has 0 aliphatic heterocycles. The van der Waals surface area contributed by atoms with E-state index in [9.17, 15) is 8.42 Å². The van der Waals surface area contributed by atoms with Crippen LogP contribution in [0.2, 0.25) is 0 Å². The summed E-state index contributed by atoms with van der Waals surface area (Å²) in [6.45, 7) is 0.710. The molecule has 122 valence electrons. The van der Waals surface area contributed by atoms with Gasteiger partial charge in [0.05, 0.1) is 4.90 Å². The number of rotatable bonds is 3. The molecule has 7 N–H and O–H groups in total. The number of nitrogens with two attached hydrogens (primary N) is 3. The van der Waals surface area contributed by atoms with E-state index in [-0.39, 0.29) is 4.90 Å². The van der Waals surface area contributed by atoms with E-state index in [1.807, 2.05) is 12.3 Å². The third kappa shape index (κ3) is 4.56. The number of nitrogens with one attached hydrogen (secondary N) is 1. The third-order valence-corrected chi connectivity index (χ3v) is 4.23. The fourth-order valence-corrected chi connectivity index (χ4v) is 2.67. The zero-order valence-corrected chi connectivity index (χ0v) is 13.4. The average Bonchev–Trinajstić information content (AvgIpc) is 2.91. The number of nitrogen functional groups attached to an aromatic ring is 1. The lowest BCUT2D eigenvalue weighted by Crippen LogP contribution is -2.11. The third-order valence-electron chi connectivity index (χ3n) is 3.30. The summed E-state index contributed by atoms with van der Waals surface area (Å²) in [5.41, 5.74) is 13.9. The average molecular weight is 332 g/mol. The molecule has 6 nitrogen and oxygen atoms in total. The van der Waals surface area contributed by atoms with Crippen LogP contribution in [0.1, 0.15) is 5.56 Å². The summed E-state index contributed by atoms with van der Waals surface area (Å²) in [7, 11) is -3.58. The highest BCUT2D eigenvalue weighted by Gasteiger charge is 2.05. The van der Waals surface area contributed by atoms with Crippen LogP contribution in [0.25, 0.3) is 10.9 Å². The van der Waals surface area contributed by atoms with Gasteiger partial charge in [0.15, 0.2) is 0 Å². The van der Waals surface area contributed by atoms with Crippen molar-refractivity contribution in [3.63, 3.8) is 0 Å². The lowest BCUT2D eigenvalue weighted by Gasteiger charge is -1.96. The number of aromatic nitrogens is 1. The number of para-hydroxylation sites is 1. The molecule has 0 spiro atoms. The number of H-pyrrole nitrogens is 1. The molecule has 3 aromatic rings. The molecule has 0 aliphatic rings. The van der Waals surface area contributed by atoms with Gasteiger partial charge < -0.3 is 16.5 Å². The minimum atomic E-state index is -3.58. The van der Waals surface area contributed by atoms with Crippen LogP contribution in [0.4, 0.5) is 5.69 Å². The molecule has 0 bridgehead atoms. The number of hydrogen-bond donors (Lipinski definition) is 4. The number of sulfonamides is 1. The zero-order chi connectivity index (χ0) is 16.9. The van der Waals surface area contributed by atoms with E-state index in [0.29, 0.717) is 12.2 Å². The lowest BCUT2D eigenvalue weighted by molar-refractivity contribution is 0.598. The van der Waals surface area contributed by atoms with Gasteiger partial charge in [-0.05, 0) is 48.9 Å². The SMILES string of the molecule is NCCc1c[nH]c2ccccc12.Nc1ccc(S(N)(=O)=O)cc1. The van der Waals surface area contributed by atoms with Crippen LogP contribution in [0.5, 0.6) is 0 Å². The summed E-state index contributed by atoms with van der Waals surface area (Å²) in [6, 6.07) is 14.0. The van der Waals surface area contributed by atoms with Crippen molar-refractivity contribution >= 4 is 26.6 Å². The van der Waals surface area contributed by atoms with Crippen molar-refractivity contribution < 1.29 is 8.42 Å². The summed E-state index contributed by atoms with van der Waals surface area (Å²) in [5.74, 6) is 0. The highest BCUT2D eigenvalue weighted by Crippen LogP contribution is 2.17. The van der Waals surface area contributed by atoms with Crippen LogP contribution in [0.3, 0.4) is 0 Å². The minimum absolute atomic E-state index is 0.0756. The second kappa shape index (κ2) is 7.28. The molecular formula is C16H20N4O2S. The fourth-order valence-electron chi connectivity index (χ4n) is 2.15. The highest BCUT2D eigenvalue weighted by atomic mass is 32.2. The van der Waals surface area contributed by atoms with E-state index in [0.717, 1.165) is 6.42 Å². The second-order valence-electron chi connectivity index (χ2n) is 5.01. The minimum Gasteiger partial charge on any atom is -0.399 e. The van der Waals surface area contributed by atoms with Gasteiger partial charge in [0.1, 0.15) is 0 Å². The van der Waals surface area contributed by atoms with Crippen molar-refractivity contribution in [1.82, 2.24) is 4.98 Å². The molecule has 7 heteroatoms. The number of aromatic amines is 1. The van der Waals surface area contributed by atoms with Crippen molar-refractivity contribution in [2.75, 3.05) is 12.3 Å². The van der Waals surface area contributed by atoms with Gasteiger partial charge >= 0.3 is 0 Å². The van der Waals surface area contributed by atoms with Gasteiger partial charge in [-0.25, -0.2) is 13.6 Å². The number of fused-ring (bicyclic) bond motifs is 1. The predicted octanol–water partition coefficient (Wildman–Crippen LogP) is 1.59. The van der Waals surface area contributed by atoms with Crippen LogP contribution in [0.15, 0.2) is 59.6 Å². The molecule has 0 unspecified atom stereocenters. The Morgan fingerprint density at radius 2 is 1.65 bits per heavy atom. The topological polar surface area (TPSA) is 128 Å². The maximum absolute atomic E-state index is 10.7. The molecule has 2 aromatic carbocycles. The quantitative estimate of drug-likeness (QED) is 0.543. The molecular weight excluding hydrogens is 312 g/mol. The van der Waals surface area contributed by atoms with Crippen molar-refractivity contribution in [2.45, 2.75) is 11.3 Å². The Hall–Kier alpha value is -2.35. The van der Waals surface area contributed by atoms with E-state index in [1.54, 1.807) is 0 Å². The normalized spacial score (nSPS) is 11.0. The van der Waals surface area contributed by atoms with E-state index in [1.165, 1.54) is 40.7 Å². The molecule has 3 rings (SSSR count). The standard InChI is InChI=1S/C10H12N2.C6H8N2O2S/c11-6-5-8-7-12-10-4-2-1-3-9(8)10;7-5-1-3-6(4-2-5)11(8,9)10/h1-4,7,12H,5-6,11H2;1-4H,7H2,(H2,8,9,10). The van der Waals surface area contributed by atoms with E-state index in [2.05, 4.69) is 23.2 Å². The van der Waals surface area contributed by atoms with E-state index in [4.69, 9.17) is 16.6 Å². The van der Waals surface area contributed by atoms with Crippen LogP contribution in [-0.4, -0.2) is 19.9 Å². The van der Waals surface area contributed by atoms with Crippen molar-refractivity contribution in [3.05, 3.63) is 60.3 Å². The van der Waals surface area contributed by atoms with Gasteiger partial charge in [0.25, 0.3) is 0 Å². The first kappa shape index (κ1) is 17.0. The number of benzene rings is 2. The van der Waals surface area contributed by atoms with Gasteiger partial charge in [-0.15, -0.1) is 0 Å². The molecule has 23 heavy (non-hydrogen) atoms. The molecule has 0 atom stereocenters. The first-order valence-electron chi connectivity index (χ1n) is 7.05. The Balaban J connectivity index is 0.000000168. The van der Waals surface area contributed by atoms with Gasteiger partial charge in [0.2, 0.25) is 10.0 Å². The highest BCUT2D eigenvalue weighted by molar-refractivity contribution is 7.89. The summed E-state index contributed by atoms with van der Waals surface area (Å²) in [5, 5.41) is 6.13. The second-order valence-corrected chi connectivity index (χ2v) is 6.57. The Bertz CT molecular complexity index is 870.